The summed E-state index contributed by atoms with van der Waals surface area (Å²) in [4.78, 5) is 12.3. The normalized spacial score (nSPS) is 12.1. The molecule has 1 atom stereocenters. The van der Waals surface area contributed by atoms with E-state index >= 15 is 0 Å². The molecule has 0 fully saturated rings. The fraction of sp³-hybridized carbons (Fsp3) is 0.579. The van der Waals surface area contributed by atoms with Crippen LogP contribution in [0.25, 0.3) is 5.69 Å². The Hall–Kier alpha value is -2.29. The van der Waals surface area contributed by atoms with Crippen LogP contribution in [0.3, 0.4) is 0 Å². The van der Waals surface area contributed by atoms with E-state index < -0.39 is 0 Å². The topological polar surface area (TPSA) is 91.2 Å². The molecule has 8 nitrogen and oxygen atoms in total. The molecule has 1 N–H and O–H groups in total. The minimum absolute atomic E-state index is 0.0331. The smallest absolute Gasteiger partial charge is 0.230 e. The van der Waals surface area contributed by atoms with Gasteiger partial charge in [0.25, 0.3) is 0 Å². The van der Waals surface area contributed by atoms with Gasteiger partial charge in [-0.1, -0.05) is 38.5 Å². The molecule has 28 heavy (non-hydrogen) atoms. The van der Waals surface area contributed by atoms with Crippen LogP contribution in [-0.4, -0.2) is 52.1 Å². The molecule has 0 bridgehead atoms. The lowest BCUT2D eigenvalue weighted by Gasteiger charge is -2.14. The molecule has 0 spiro atoms. The summed E-state index contributed by atoms with van der Waals surface area (Å²) in [5.74, 6) is 2.16. The molecule has 0 radical (unpaired) electrons. The molecule has 1 amide bonds. The van der Waals surface area contributed by atoms with Crippen molar-refractivity contribution in [3.05, 3.63) is 18.2 Å². The average Bonchev–Trinajstić information content (AvgIpc) is 3.13. The van der Waals surface area contributed by atoms with Gasteiger partial charge in [0.05, 0.1) is 20.0 Å². The minimum Gasteiger partial charge on any atom is -0.497 e. The van der Waals surface area contributed by atoms with Crippen LogP contribution in [0.1, 0.15) is 40.0 Å². The summed E-state index contributed by atoms with van der Waals surface area (Å²) in [6.45, 7) is 6.46. The predicted molar refractivity (Wildman–Crippen MR) is 109 cm³/mol. The number of benzene rings is 1. The van der Waals surface area contributed by atoms with Gasteiger partial charge in [0.15, 0.2) is 0 Å². The van der Waals surface area contributed by atoms with Crippen molar-refractivity contribution in [2.75, 3.05) is 20.0 Å². The highest BCUT2D eigenvalue weighted by molar-refractivity contribution is 7.99. The van der Waals surface area contributed by atoms with E-state index in [1.54, 1.807) is 37.1 Å². The summed E-state index contributed by atoms with van der Waals surface area (Å²) in [7, 11) is 3.17. The Balaban J connectivity index is 1.97. The summed E-state index contributed by atoms with van der Waals surface area (Å²) >= 11 is 1.28. The third-order valence-electron chi connectivity index (χ3n) is 4.21. The predicted octanol–water partition coefficient (Wildman–Crippen LogP) is 3.10. The lowest BCUT2D eigenvalue weighted by molar-refractivity contribution is -0.119. The standard InChI is InChI=1S/C19H29N5O3S/c1-13(2)7-6-8-14(3)20-18(25)12-28-19-21-22-23-24(19)16-11-15(26-4)9-10-17(16)27-5/h9-11,13-14H,6-8,12H2,1-5H3,(H,20,25). The van der Waals surface area contributed by atoms with Crippen molar-refractivity contribution in [1.29, 1.82) is 0 Å². The Morgan fingerprint density at radius 2 is 2.00 bits per heavy atom. The Labute approximate surface area is 170 Å². The number of hydrogen-bond acceptors (Lipinski definition) is 7. The average molecular weight is 408 g/mol. The largest absolute Gasteiger partial charge is 0.497 e. The zero-order valence-corrected chi connectivity index (χ0v) is 18.0. The quantitative estimate of drug-likeness (QED) is 0.572. The summed E-state index contributed by atoms with van der Waals surface area (Å²) in [6.07, 6.45) is 3.26. The molecule has 1 aromatic carbocycles. The molecule has 0 saturated carbocycles. The number of thioether (sulfide) groups is 1. The number of carbonyl (C=O) groups is 1. The fourth-order valence-corrected chi connectivity index (χ4v) is 3.43. The fourth-order valence-electron chi connectivity index (χ4n) is 2.73. The number of amides is 1. The zero-order chi connectivity index (χ0) is 20.5. The van der Waals surface area contributed by atoms with E-state index in [0.717, 1.165) is 12.8 Å². The second-order valence-electron chi connectivity index (χ2n) is 6.99. The highest BCUT2D eigenvalue weighted by Gasteiger charge is 2.16. The maximum absolute atomic E-state index is 12.3. The molecule has 154 valence electrons. The highest BCUT2D eigenvalue weighted by atomic mass is 32.2. The van der Waals surface area contributed by atoms with Crippen molar-refractivity contribution >= 4 is 17.7 Å². The number of methoxy groups -OCH3 is 2. The van der Waals surface area contributed by atoms with E-state index in [1.165, 1.54) is 18.2 Å². The number of rotatable bonds is 11. The SMILES string of the molecule is COc1ccc(OC)c(-n2nnnc2SCC(=O)NC(C)CCCC(C)C)c1. The van der Waals surface area contributed by atoms with Crippen molar-refractivity contribution in [2.45, 2.75) is 51.2 Å². The molecule has 1 heterocycles. The molecular weight excluding hydrogens is 378 g/mol. The summed E-state index contributed by atoms with van der Waals surface area (Å²) < 4.78 is 12.2. The van der Waals surface area contributed by atoms with Gasteiger partial charge in [-0.25, -0.2) is 0 Å². The van der Waals surface area contributed by atoms with Crippen LogP contribution < -0.4 is 14.8 Å². The van der Waals surface area contributed by atoms with Crippen molar-refractivity contribution < 1.29 is 14.3 Å². The first-order chi connectivity index (χ1) is 13.4. The van der Waals surface area contributed by atoms with E-state index in [9.17, 15) is 4.79 Å². The minimum atomic E-state index is -0.0331. The van der Waals surface area contributed by atoms with Crippen molar-refractivity contribution in [3.63, 3.8) is 0 Å². The maximum Gasteiger partial charge on any atom is 0.230 e. The lowest BCUT2D eigenvalue weighted by atomic mass is 10.0. The molecule has 0 aliphatic rings. The van der Waals surface area contributed by atoms with Crippen LogP contribution in [-0.2, 0) is 4.79 Å². The number of ether oxygens (including phenoxy) is 2. The number of tetrazole rings is 1. The Bertz CT molecular complexity index is 766. The van der Waals surface area contributed by atoms with Crippen LogP contribution >= 0.6 is 11.8 Å². The number of aromatic nitrogens is 4. The lowest BCUT2D eigenvalue weighted by Crippen LogP contribution is -2.33. The second kappa shape index (κ2) is 10.9. The number of carbonyl (C=O) groups excluding carboxylic acids is 1. The molecule has 9 heteroatoms. The molecule has 0 aliphatic carbocycles. The molecule has 2 rings (SSSR count). The first-order valence-electron chi connectivity index (χ1n) is 9.37. The van der Waals surface area contributed by atoms with E-state index in [-0.39, 0.29) is 17.7 Å². The molecule has 0 saturated heterocycles. The van der Waals surface area contributed by atoms with Gasteiger partial charge in [0.1, 0.15) is 17.2 Å². The van der Waals surface area contributed by atoms with Gasteiger partial charge >= 0.3 is 0 Å². The third-order valence-corrected chi connectivity index (χ3v) is 5.13. The van der Waals surface area contributed by atoms with Gasteiger partial charge in [-0.05, 0) is 41.8 Å². The van der Waals surface area contributed by atoms with Crippen LogP contribution in [0.2, 0.25) is 0 Å². The second-order valence-corrected chi connectivity index (χ2v) is 7.94. The number of nitrogens with zero attached hydrogens (tertiary/aromatic N) is 4. The van der Waals surface area contributed by atoms with Gasteiger partial charge in [0, 0.05) is 12.1 Å². The van der Waals surface area contributed by atoms with E-state index in [2.05, 4.69) is 34.7 Å². The molecular formula is C19H29N5O3S. The van der Waals surface area contributed by atoms with Crippen molar-refractivity contribution in [3.8, 4) is 17.2 Å². The van der Waals surface area contributed by atoms with Crippen LogP contribution in [0.15, 0.2) is 23.4 Å². The highest BCUT2D eigenvalue weighted by Crippen LogP contribution is 2.29. The molecule has 2 aromatic rings. The number of nitrogens with one attached hydrogen (secondary N) is 1. The van der Waals surface area contributed by atoms with Gasteiger partial charge in [-0.15, -0.1) is 5.10 Å². The van der Waals surface area contributed by atoms with Gasteiger partial charge in [0.2, 0.25) is 11.1 Å². The summed E-state index contributed by atoms with van der Waals surface area (Å²) in [5, 5.41) is 15.3. The first kappa shape index (κ1) is 22.0. The van der Waals surface area contributed by atoms with Crippen molar-refractivity contribution in [2.24, 2.45) is 5.92 Å². The zero-order valence-electron chi connectivity index (χ0n) is 17.1. The molecule has 1 unspecified atom stereocenters. The van der Waals surface area contributed by atoms with Crippen LogP contribution in [0, 0.1) is 5.92 Å². The molecule has 0 aliphatic heterocycles. The monoisotopic (exact) mass is 407 g/mol. The van der Waals surface area contributed by atoms with E-state index in [0.29, 0.717) is 28.3 Å². The Morgan fingerprint density at radius 1 is 1.21 bits per heavy atom. The Morgan fingerprint density at radius 3 is 2.68 bits per heavy atom. The van der Waals surface area contributed by atoms with Gasteiger partial charge < -0.3 is 14.8 Å². The number of hydrogen-bond donors (Lipinski definition) is 1. The first-order valence-corrected chi connectivity index (χ1v) is 10.4. The Kier molecular flexibility index (Phi) is 8.56. The summed E-state index contributed by atoms with van der Waals surface area (Å²) in [5.41, 5.74) is 0.650. The third kappa shape index (κ3) is 6.40. The van der Waals surface area contributed by atoms with Gasteiger partial charge in [-0.3, -0.25) is 4.79 Å². The van der Waals surface area contributed by atoms with Crippen LogP contribution in [0.5, 0.6) is 11.5 Å². The summed E-state index contributed by atoms with van der Waals surface area (Å²) in [6, 6.07) is 5.53. The van der Waals surface area contributed by atoms with Gasteiger partial charge in [-0.2, -0.15) is 4.68 Å². The molecule has 1 aromatic heterocycles. The van der Waals surface area contributed by atoms with E-state index in [4.69, 9.17) is 9.47 Å². The van der Waals surface area contributed by atoms with E-state index in [1.807, 2.05) is 6.92 Å². The maximum atomic E-state index is 12.3. The van der Waals surface area contributed by atoms with Crippen molar-refractivity contribution in [1.82, 2.24) is 25.5 Å². The van der Waals surface area contributed by atoms with Crippen LogP contribution in [0.4, 0.5) is 0 Å².